The molecule has 6 nitrogen and oxygen atoms in total. The van der Waals surface area contributed by atoms with Gasteiger partial charge in [0.15, 0.2) is 0 Å². The highest BCUT2D eigenvalue weighted by Crippen LogP contribution is 2.38. The molecule has 6 heterocycles. The van der Waals surface area contributed by atoms with Gasteiger partial charge in [-0.25, -0.2) is 9.03 Å². The van der Waals surface area contributed by atoms with Crippen LogP contribution in [0.2, 0.25) is 0 Å². The molecule has 16 aromatic rings. The van der Waals surface area contributed by atoms with Gasteiger partial charge in [0.05, 0.1) is 22.4 Å². The first-order chi connectivity index (χ1) is 40.5. The average molecular weight is 1050 g/mol. The molecule has 0 aliphatic carbocycles. The number of nitrogens with zero attached hydrogens (tertiary/aromatic N) is 6. The molecule has 0 bridgehead atoms. The number of hydrogen-bond donors (Lipinski definition) is 0. The monoisotopic (exact) mass is 1050 g/mol. The van der Waals surface area contributed by atoms with Crippen LogP contribution in [0.5, 0.6) is 0 Å². The van der Waals surface area contributed by atoms with Gasteiger partial charge in [0.25, 0.3) is 0 Å². The Morgan fingerprint density at radius 2 is 0.476 bits per heavy atom. The minimum atomic E-state index is 0.963. The molecule has 16 rings (SSSR count). The van der Waals surface area contributed by atoms with Crippen LogP contribution in [0.1, 0.15) is 0 Å². The van der Waals surface area contributed by atoms with Gasteiger partial charge in [-0.2, -0.15) is 10.2 Å². The van der Waals surface area contributed by atoms with E-state index in [1.54, 1.807) is 0 Å². The Labute approximate surface area is 474 Å². The number of pyridine rings is 4. The molecule has 384 valence electrons. The standard InChI is InChI=1S/C43H28N2.C33H22N4/c1-3-9-33-21-36(19-15-29(33)7-1)40-23-39(24-41(25-40)37-20-16-30-8-2-4-10-34(30)22-37)31-13-17-32(18-14-31)43-27-42-26-35-11-5-6-12-38(35)28-45(42)44-43;1-2-4-28-22-37-32(20-27(28)3-1)21-33(36-37)26-7-5-23(6-8-26)29-17-30(24-9-13-34-14-10-24)19-31(18-29)25-11-15-35-16-12-25/h1-28H;1-22H. The Kier molecular flexibility index (Phi) is 12.1. The second kappa shape index (κ2) is 20.6. The molecule has 0 N–H and O–H groups in total. The molecule has 10 aromatic carbocycles. The van der Waals surface area contributed by atoms with Gasteiger partial charge in [0.1, 0.15) is 0 Å². The summed E-state index contributed by atoms with van der Waals surface area (Å²) < 4.78 is 3.94. The highest BCUT2D eigenvalue weighted by molar-refractivity contribution is 5.93. The van der Waals surface area contributed by atoms with E-state index in [0.717, 1.165) is 66.9 Å². The highest BCUT2D eigenvalue weighted by atomic mass is 15.2. The van der Waals surface area contributed by atoms with Gasteiger partial charge in [-0.05, 0) is 196 Å². The minimum absolute atomic E-state index is 0.963. The lowest BCUT2D eigenvalue weighted by Crippen LogP contribution is -1.88. The van der Waals surface area contributed by atoms with Crippen molar-refractivity contribution in [2.45, 2.75) is 0 Å². The number of fused-ring (bicyclic) bond motifs is 6. The summed E-state index contributed by atoms with van der Waals surface area (Å²) in [4.78, 5) is 8.37. The largest absolute Gasteiger partial charge is 0.265 e. The van der Waals surface area contributed by atoms with E-state index < -0.39 is 0 Å². The van der Waals surface area contributed by atoms with E-state index >= 15 is 0 Å². The fourth-order valence-corrected chi connectivity index (χ4v) is 11.4. The third-order valence-electron chi connectivity index (χ3n) is 15.7. The first-order valence-electron chi connectivity index (χ1n) is 27.6. The number of hydrogen-bond acceptors (Lipinski definition) is 4. The van der Waals surface area contributed by atoms with Gasteiger partial charge < -0.3 is 0 Å². The van der Waals surface area contributed by atoms with Crippen LogP contribution in [0.25, 0.3) is 143 Å². The van der Waals surface area contributed by atoms with Crippen LogP contribution in [-0.2, 0) is 0 Å². The molecule has 0 amide bonds. The zero-order valence-corrected chi connectivity index (χ0v) is 44.6. The average Bonchev–Trinajstić information content (AvgIpc) is 4.31. The lowest BCUT2D eigenvalue weighted by atomic mass is 9.91. The van der Waals surface area contributed by atoms with Gasteiger partial charge in [-0.3, -0.25) is 9.97 Å². The SMILES string of the molecule is c1ccc2cc(-c3cc(-c4ccc(-c5cc6cc7ccccc7cn6n5)cc4)cc(-c4ccc5ccccc5c4)c3)ccc2c1.c1ccc2cn3nc(-c4ccc(-c5cc(-c6ccncc6)cc(-c6ccncc6)c5)cc4)cc3cc2c1. The Bertz CT molecular complexity index is 4760. The zero-order chi connectivity index (χ0) is 54.3. The van der Waals surface area contributed by atoms with Crippen LogP contribution in [-0.4, -0.2) is 29.2 Å². The zero-order valence-electron chi connectivity index (χ0n) is 44.6. The lowest BCUT2D eigenvalue weighted by molar-refractivity contribution is 0.974. The van der Waals surface area contributed by atoms with Crippen LogP contribution in [0, 0.1) is 0 Å². The molecule has 0 saturated carbocycles. The molecule has 0 fully saturated rings. The van der Waals surface area contributed by atoms with Crippen molar-refractivity contribution < 1.29 is 0 Å². The molecule has 6 aromatic heterocycles. The smallest absolute Gasteiger partial charge is 0.0933 e. The topological polar surface area (TPSA) is 60.4 Å². The summed E-state index contributed by atoms with van der Waals surface area (Å²) in [7, 11) is 0. The number of benzene rings is 10. The lowest BCUT2D eigenvalue weighted by Gasteiger charge is -2.13. The molecular weight excluding hydrogens is 997 g/mol. The van der Waals surface area contributed by atoms with E-state index in [1.807, 2.05) is 58.1 Å². The number of rotatable bonds is 8. The normalized spacial score (nSPS) is 11.4. The summed E-state index contributed by atoms with van der Waals surface area (Å²) in [5.41, 5.74) is 20.4. The third kappa shape index (κ3) is 9.50. The molecule has 82 heavy (non-hydrogen) atoms. The molecular formula is C76H50N6. The Morgan fingerprint density at radius 3 is 0.841 bits per heavy atom. The maximum Gasteiger partial charge on any atom is 0.0933 e. The minimum Gasteiger partial charge on any atom is -0.265 e. The van der Waals surface area contributed by atoms with Crippen LogP contribution in [0.4, 0.5) is 0 Å². The molecule has 0 unspecified atom stereocenters. The van der Waals surface area contributed by atoms with Crippen molar-refractivity contribution >= 4 is 54.1 Å². The Morgan fingerprint density at radius 1 is 0.195 bits per heavy atom. The van der Waals surface area contributed by atoms with Gasteiger partial charge in [0.2, 0.25) is 0 Å². The second-order valence-electron chi connectivity index (χ2n) is 21.0. The Hall–Kier alpha value is -11.1. The van der Waals surface area contributed by atoms with Crippen molar-refractivity contribution in [2.75, 3.05) is 0 Å². The summed E-state index contributed by atoms with van der Waals surface area (Å²) in [6.45, 7) is 0. The van der Waals surface area contributed by atoms with E-state index in [0.29, 0.717) is 0 Å². The third-order valence-corrected chi connectivity index (χ3v) is 15.7. The van der Waals surface area contributed by atoms with Gasteiger partial charge in [-0.1, -0.05) is 170 Å². The van der Waals surface area contributed by atoms with Crippen LogP contribution in [0.15, 0.2) is 304 Å². The highest BCUT2D eigenvalue weighted by Gasteiger charge is 2.14. The van der Waals surface area contributed by atoms with Gasteiger partial charge in [0, 0.05) is 59.1 Å². The molecule has 0 saturated heterocycles. The Balaban J connectivity index is 0.000000143. The quantitative estimate of drug-likeness (QED) is 0.152. The first-order valence-corrected chi connectivity index (χ1v) is 27.6. The molecule has 0 atom stereocenters. The molecule has 0 spiro atoms. The van der Waals surface area contributed by atoms with Crippen molar-refractivity contribution in [3.8, 4) is 89.3 Å². The summed E-state index contributed by atoms with van der Waals surface area (Å²) in [6, 6.07) is 95.5. The van der Waals surface area contributed by atoms with Crippen molar-refractivity contribution in [1.29, 1.82) is 0 Å². The fourth-order valence-electron chi connectivity index (χ4n) is 11.4. The van der Waals surface area contributed by atoms with Crippen LogP contribution >= 0.6 is 0 Å². The van der Waals surface area contributed by atoms with E-state index in [1.165, 1.54) is 76.5 Å². The molecule has 6 heteroatoms. The summed E-state index contributed by atoms with van der Waals surface area (Å²) in [5, 5.41) is 19.6. The fraction of sp³-hybridized carbons (Fsp3) is 0. The molecule has 0 aliphatic heterocycles. The van der Waals surface area contributed by atoms with Crippen molar-refractivity contribution in [3.63, 3.8) is 0 Å². The summed E-state index contributed by atoms with van der Waals surface area (Å²) >= 11 is 0. The first kappa shape index (κ1) is 48.1. The van der Waals surface area contributed by atoms with Crippen molar-refractivity contribution in [2.24, 2.45) is 0 Å². The maximum atomic E-state index is 4.91. The predicted octanol–water partition coefficient (Wildman–Crippen LogP) is 19.4. The van der Waals surface area contributed by atoms with Gasteiger partial charge in [-0.15, -0.1) is 0 Å². The molecule has 0 aliphatic rings. The maximum absolute atomic E-state index is 4.91. The molecule has 0 radical (unpaired) electrons. The van der Waals surface area contributed by atoms with Crippen molar-refractivity contribution in [1.82, 2.24) is 29.2 Å². The van der Waals surface area contributed by atoms with Crippen LogP contribution < -0.4 is 0 Å². The van der Waals surface area contributed by atoms with E-state index in [4.69, 9.17) is 10.2 Å². The van der Waals surface area contributed by atoms with Crippen molar-refractivity contribution in [3.05, 3.63) is 304 Å². The summed E-state index contributed by atoms with van der Waals surface area (Å²) in [6.07, 6.45) is 11.5. The van der Waals surface area contributed by atoms with E-state index in [-0.39, 0.29) is 0 Å². The van der Waals surface area contributed by atoms with Gasteiger partial charge >= 0.3 is 0 Å². The van der Waals surface area contributed by atoms with E-state index in [9.17, 15) is 0 Å². The van der Waals surface area contributed by atoms with Crippen LogP contribution in [0.3, 0.4) is 0 Å². The predicted molar refractivity (Wildman–Crippen MR) is 339 cm³/mol. The number of aromatic nitrogens is 6. The van der Waals surface area contributed by atoms with E-state index in [2.05, 4.69) is 265 Å². The summed E-state index contributed by atoms with van der Waals surface area (Å²) in [5.74, 6) is 0. The second-order valence-corrected chi connectivity index (χ2v) is 21.0.